The normalized spacial score (nSPS) is 11.9. The summed E-state index contributed by atoms with van der Waals surface area (Å²) in [6, 6.07) is 9.05. The Morgan fingerprint density at radius 3 is 2.35 bits per heavy atom. The first kappa shape index (κ1) is 20.7. The van der Waals surface area contributed by atoms with Crippen molar-refractivity contribution in [2.75, 3.05) is 5.32 Å². The van der Waals surface area contributed by atoms with Gasteiger partial charge in [0.05, 0.1) is 16.5 Å². The summed E-state index contributed by atoms with van der Waals surface area (Å²) in [6.07, 6.45) is 0.838. The highest BCUT2D eigenvalue weighted by Gasteiger charge is 2.12. The van der Waals surface area contributed by atoms with Crippen molar-refractivity contribution in [3.63, 3.8) is 0 Å². The van der Waals surface area contributed by atoms with Crippen LogP contribution < -0.4 is 10.1 Å². The predicted molar refractivity (Wildman–Crippen MR) is 107 cm³/mol. The summed E-state index contributed by atoms with van der Waals surface area (Å²) in [4.78, 5) is 10.8. The summed E-state index contributed by atoms with van der Waals surface area (Å²) >= 11 is 18.6. The number of carboxylic acid groups (broad SMARTS) is 1. The first-order chi connectivity index (χ1) is 12.3. The van der Waals surface area contributed by atoms with Crippen LogP contribution in [0, 0.1) is 0 Å². The topological polar surface area (TPSA) is 58.6 Å². The molecule has 26 heavy (non-hydrogen) atoms. The second-order valence-corrected chi connectivity index (χ2v) is 7.30. The highest BCUT2D eigenvalue weighted by atomic mass is 35.5. The molecule has 0 spiro atoms. The van der Waals surface area contributed by atoms with Gasteiger partial charge in [0.25, 0.3) is 0 Å². The maximum atomic E-state index is 10.8. The third-order valence-corrected chi connectivity index (χ3v) is 4.56. The second-order valence-electron chi connectivity index (χ2n) is 6.05. The quantitative estimate of drug-likeness (QED) is 0.549. The van der Waals surface area contributed by atoms with Crippen LogP contribution >= 0.6 is 34.8 Å². The Labute approximate surface area is 168 Å². The molecule has 1 atom stereocenters. The average molecular weight is 417 g/mol. The van der Waals surface area contributed by atoms with Gasteiger partial charge in [0.15, 0.2) is 5.75 Å². The highest BCUT2D eigenvalue weighted by molar-refractivity contribution is 6.37. The average Bonchev–Trinajstić information content (AvgIpc) is 2.52. The van der Waals surface area contributed by atoms with E-state index in [1.807, 2.05) is 18.2 Å². The minimum Gasteiger partial charge on any atom is -0.486 e. The number of carbonyl (C=O) groups is 1. The van der Waals surface area contributed by atoms with E-state index in [0.717, 1.165) is 17.7 Å². The molecule has 2 N–H and O–H groups in total. The molecule has 0 amide bonds. The molecule has 0 fully saturated rings. The molecule has 0 saturated heterocycles. The van der Waals surface area contributed by atoms with Crippen LogP contribution in [0.3, 0.4) is 0 Å². The SMILES string of the molecule is CCC(C)Nc1cc(Cl)cc(COc2c(Cl)cc(CC(=O)O)cc2Cl)c1. The lowest BCUT2D eigenvalue weighted by atomic mass is 10.1. The minimum atomic E-state index is -0.953. The fourth-order valence-corrected chi connectivity index (χ4v) is 3.29. The molecule has 0 aliphatic carbocycles. The number of rotatable bonds is 8. The molecule has 0 heterocycles. The number of aliphatic carboxylic acids is 1. The van der Waals surface area contributed by atoms with Crippen molar-refractivity contribution in [3.8, 4) is 5.75 Å². The van der Waals surface area contributed by atoms with E-state index in [2.05, 4.69) is 19.2 Å². The van der Waals surface area contributed by atoms with Crippen LogP contribution in [0.1, 0.15) is 31.4 Å². The monoisotopic (exact) mass is 415 g/mol. The number of hydrogen-bond acceptors (Lipinski definition) is 3. The maximum absolute atomic E-state index is 10.8. The van der Waals surface area contributed by atoms with Gasteiger partial charge in [-0.15, -0.1) is 0 Å². The van der Waals surface area contributed by atoms with Crippen molar-refractivity contribution in [3.05, 3.63) is 56.5 Å². The molecule has 2 aromatic rings. The van der Waals surface area contributed by atoms with E-state index in [1.54, 1.807) is 12.1 Å². The Hall–Kier alpha value is -1.62. The molecular formula is C19H20Cl3NO3. The van der Waals surface area contributed by atoms with E-state index in [0.29, 0.717) is 22.4 Å². The Kier molecular flexibility index (Phi) is 7.44. The van der Waals surface area contributed by atoms with Crippen molar-refractivity contribution in [1.82, 2.24) is 0 Å². The second kappa shape index (κ2) is 9.36. The van der Waals surface area contributed by atoms with Crippen LogP contribution in [-0.2, 0) is 17.8 Å². The Morgan fingerprint density at radius 1 is 1.12 bits per heavy atom. The van der Waals surface area contributed by atoms with E-state index in [9.17, 15) is 4.79 Å². The van der Waals surface area contributed by atoms with Crippen molar-refractivity contribution in [2.45, 2.75) is 39.3 Å². The summed E-state index contributed by atoms with van der Waals surface area (Å²) in [5.41, 5.74) is 2.30. The first-order valence-electron chi connectivity index (χ1n) is 8.17. The fraction of sp³-hybridized carbons (Fsp3) is 0.316. The number of anilines is 1. The van der Waals surface area contributed by atoms with Gasteiger partial charge in [-0.3, -0.25) is 4.79 Å². The lowest BCUT2D eigenvalue weighted by Gasteiger charge is -2.15. The lowest BCUT2D eigenvalue weighted by molar-refractivity contribution is -0.136. The number of benzene rings is 2. The summed E-state index contributed by atoms with van der Waals surface area (Å²) in [5.74, 6) is -0.634. The molecule has 2 aromatic carbocycles. The lowest BCUT2D eigenvalue weighted by Crippen LogP contribution is -2.13. The third kappa shape index (κ3) is 5.97. The molecule has 2 rings (SSSR count). The van der Waals surface area contributed by atoms with Crippen LogP contribution in [0.15, 0.2) is 30.3 Å². The van der Waals surface area contributed by atoms with E-state index in [4.69, 9.17) is 44.6 Å². The van der Waals surface area contributed by atoms with Gasteiger partial charge in [-0.1, -0.05) is 41.7 Å². The van der Waals surface area contributed by atoms with Crippen molar-refractivity contribution in [1.29, 1.82) is 0 Å². The van der Waals surface area contributed by atoms with Crippen LogP contribution in [0.2, 0.25) is 15.1 Å². The molecule has 0 saturated carbocycles. The minimum absolute atomic E-state index is 0.154. The van der Waals surface area contributed by atoms with Gasteiger partial charge in [-0.05, 0) is 54.8 Å². The molecule has 0 aliphatic heterocycles. The fourth-order valence-electron chi connectivity index (χ4n) is 2.39. The van der Waals surface area contributed by atoms with Gasteiger partial charge in [-0.2, -0.15) is 0 Å². The van der Waals surface area contributed by atoms with Crippen LogP contribution in [0.4, 0.5) is 5.69 Å². The van der Waals surface area contributed by atoms with Gasteiger partial charge in [0.1, 0.15) is 6.61 Å². The molecule has 1 unspecified atom stereocenters. The number of nitrogens with one attached hydrogen (secondary N) is 1. The van der Waals surface area contributed by atoms with Gasteiger partial charge in [0, 0.05) is 16.8 Å². The zero-order valence-electron chi connectivity index (χ0n) is 14.5. The van der Waals surface area contributed by atoms with Crippen LogP contribution in [0.25, 0.3) is 0 Å². The number of hydrogen-bond donors (Lipinski definition) is 2. The molecule has 0 aliphatic rings. The van der Waals surface area contributed by atoms with Crippen LogP contribution in [0.5, 0.6) is 5.75 Å². The van der Waals surface area contributed by atoms with E-state index < -0.39 is 5.97 Å². The molecule has 0 aromatic heterocycles. The van der Waals surface area contributed by atoms with Gasteiger partial charge >= 0.3 is 5.97 Å². The Morgan fingerprint density at radius 2 is 1.77 bits per heavy atom. The van der Waals surface area contributed by atoms with E-state index in [1.165, 1.54) is 0 Å². The molecule has 4 nitrogen and oxygen atoms in total. The van der Waals surface area contributed by atoms with Crippen molar-refractivity contribution < 1.29 is 14.6 Å². The molecule has 7 heteroatoms. The zero-order chi connectivity index (χ0) is 19.3. The summed E-state index contributed by atoms with van der Waals surface area (Å²) < 4.78 is 5.76. The summed E-state index contributed by atoms with van der Waals surface area (Å²) in [5, 5.41) is 13.4. The molecular weight excluding hydrogens is 397 g/mol. The number of halogens is 3. The largest absolute Gasteiger partial charge is 0.486 e. The number of carboxylic acids is 1. The number of ether oxygens (including phenoxy) is 1. The Bertz CT molecular complexity index is 773. The van der Waals surface area contributed by atoms with Gasteiger partial charge < -0.3 is 15.2 Å². The predicted octanol–water partition coefficient (Wildman–Crippen LogP) is 6.06. The maximum Gasteiger partial charge on any atom is 0.307 e. The first-order valence-corrected chi connectivity index (χ1v) is 9.30. The van der Waals surface area contributed by atoms with Gasteiger partial charge in [0.2, 0.25) is 0 Å². The summed E-state index contributed by atoms with van der Waals surface area (Å²) in [6.45, 7) is 4.42. The highest BCUT2D eigenvalue weighted by Crippen LogP contribution is 2.35. The standard InChI is InChI=1S/C19H20Cl3NO3/c1-3-11(2)23-15-5-13(4-14(20)9-15)10-26-19-16(21)6-12(7-17(19)22)8-18(24)25/h4-7,9,11,23H,3,8,10H2,1-2H3,(H,24,25). The van der Waals surface area contributed by atoms with Crippen LogP contribution in [-0.4, -0.2) is 17.1 Å². The summed E-state index contributed by atoms with van der Waals surface area (Å²) in [7, 11) is 0. The zero-order valence-corrected chi connectivity index (χ0v) is 16.8. The van der Waals surface area contributed by atoms with E-state index in [-0.39, 0.29) is 23.1 Å². The molecule has 0 radical (unpaired) electrons. The molecule has 0 bridgehead atoms. The van der Waals surface area contributed by atoms with Crippen molar-refractivity contribution in [2.24, 2.45) is 0 Å². The third-order valence-electron chi connectivity index (χ3n) is 3.78. The molecule has 140 valence electrons. The van der Waals surface area contributed by atoms with Gasteiger partial charge in [-0.25, -0.2) is 0 Å². The smallest absolute Gasteiger partial charge is 0.307 e. The Balaban J connectivity index is 2.14. The van der Waals surface area contributed by atoms with E-state index >= 15 is 0 Å². The van der Waals surface area contributed by atoms with Crippen molar-refractivity contribution >= 4 is 46.5 Å².